The van der Waals surface area contributed by atoms with Crippen molar-refractivity contribution < 1.29 is 14.3 Å². The Kier molecular flexibility index (Phi) is 4.30. The fourth-order valence-corrected chi connectivity index (χ4v) is 2.87. The molecule has 1 aromatic heterocycles. The number of ketones is 1. The first-order valence-electron chi connectivity index (χ1n) is 7.05. The van der Waals surface area contributed by atoms with Crippen LogP contribution >= 0.6 is 15.9 Å². The number of esters is 1. The van der Waals surface area contributed by atoms with E-state index >= 15 is 0 Å². The monoisotopic (exact) mass is 371 g/mol. The number of hydrogen-bond donors (Lipinski definition) is 0. The van der Waals surface area contributed by atoms with E-state index in [1.54, 1.807) is 22.9 Å². The number of ether oxygens (including phenoxy) is 1. The molecule has 0 radical (unpaired) electrons. The van der Waals surface area contributed by atoms with E-state index < -0.39 is 0 Å². The SMILES string of the molecule is COC(=O)Cn1cc(C(=O)c2ccccc2)c2ccc(Br)cc21. The van der Waals surface area contributed by atoms with Gasteiger partial charge >= 0.3 is 5.97 Å². The van der Waals surface area contributed by atoms with Gasteiger partial charge in [-0.05, 0) is 12.1 Å². The van der Waals surface area contributed by atoms with Crippen molar-refractivity contribution in [2.45, 2.75) is 6.54 Å². The van der Waals surface area contributed by atoms with Crippen LogP contribution in [0.5, 0.6) is 0 Å². The van der Waals surface area contributed by atoms with E-state index in [2.05, 4.69) is 15.9 Å². The molecule has 4 nitrogen and oxygen atoms in total. The molecule has 3 aromatic rings. The molecule has 0 N–H and O–H groups in total. The van der Waals surface area contributed by atoms with Gasteiger partial charge in [-0.2, -0.15) is 0 Å². The molecule has 0 saturated heterocycles. The van der Waals surface area contributed by atoms with Crippen molar-refractivity contribution in [2.75, 3.05) is 7.11 Å². The molecule has 116 valence electrons. The Labute approximate surface area is 141 Å². The third-order valence-corrected chi connectivity index (χ3v) is 4.15. The fraction of sp³-hybridized carbons (Fsp3) is 0.111. The van der Waals surface area contributed by atoms with Crippen LogP contribution in [0.3, 0.4) is 0 Å². The summed E-state index contributed by atoms with van der Waals surface area (Å²) in [7, 11) is 1.35. The average Bonchev–Trinajstić information content (AvgIpc) is 2.92. The number of fused-ring (bicyclic) bond motifs is 1. The second-order valence-corrected chi connectivity index (χ2v) is 6.02. The minimum atomic E-state index is -0.361. The average molecular weight is 372 g/mol. The molecule has 0 aliphatic rings. The highest BCUT2D eigenvalue weighted by atomic mass is 79.9. The lowest BCUT2D eigenvalue weighted by molar-refractivity contribution is -0.141. The van der Waals surface area contributed by atoms with Gasteiger partial charge in [-0.1, -0.05) is 52.3 Å². The van der Waals surface area contributed by atoms with Crippen LogP contribution in [-0.2, 0) is 16.1 Å². The Balaban J connectivity index is 2.14. The van der Waals surface area contributed by atoms with Crippen LogP contribution in [0.25, 0.3) is 10.9 Å². The van der Waals surface area contributed by atoms with Crippen LogP contribution < -0.4 is 0 Å². The van der Waals surface area contributed by atoms with Gasteiger partial charge in [-0.25, -0.2) is 0 Å². The lowest BCUT2D eigenvalue weighted by atomic mass is 10.0. The lowest BCUT2D eigenvalue weighted by Crippen LogP contribution is -2.10. The second-order valence-electron chi connectivity index (χ2n) is 5.10. The van der Waals surface area contributed by atoms with Crippen LogP contribution in [0.4, 0.5) is 0 Å². The van der Waals surface area contributed by atoms with E-state index in [0.29, 0.717) is 11.1 Å². The predicted molar refractivity (Wildman–Crippen MR) is 91.5 cm³/mol. The Morgan fingerprint density at radius 1 is 1.13 bits per heavy atom. The van der Waals surface area contributed by atoms with Crippen molar-refractivity contribution in [3.63, 3.8) is 0 Å². The summed E-state index contributed by atoms with van der Waals surface area (Å²) in [6, 6.07) is 14.7. The van der Waals surface area contributed by atoms with Crippen molar-refractivity contribution in [3.05, 3.63) is 70.3 Å². The molecular weight excluding hydrogens is 358 g/mol. The lowest BCUT2D eigenvalue weighted by Gasteiger charge is -2.03. The van der Waals surface area contributed by atoms with Gasteiger partial charge in [-0.3, -0.25) is 9.59 Å². The molecule has 0 bridgehead atoms. The summed E-state index contributed by atoms with van der Waals surface area (Å²) >= 11 is 3.43. The maximum atomic E-state index is 12.8. The van der Waals surface area contributed by atoms with Gasteiger partial charge in [0.05, 0.1) is 12.6 Å². The van der Waals surface area contributed by atoms with E-state index in [1.165, 1.54) is 7.11 Å². The summed E-state index contributed by atoms with van der Waals surface area (Å²) in [6.07, 6.45) is 1.71. The largest absolute Gasteiger partial charge is 0.468 e. The van der Waals surface area contributed by atoms with Crippen molar-refractivity contribution in [2.24, 2.45) is 0 Å². The van der Waals surface area contributed by atoms with Crippen LogP contribution in [0.2, 0.25) is 0 Å². The number of methoxy groups -OCH3 is 1. The number of hydrogen-bond acceptors (Lipinski definition) is 3. The topological polar surface area (TPSA) is 48.3 Å². The number of halogens is 1. The van der Waals surface area contributed by atoms with Crippen LogP contribution in [0.1, 0.15) is 15.9 Å². The Morgan fingerprint density at radius 2 is 1.87 bits per heavy atom. The minimum absolute atomic E-state index is 0.0610. The summed E-state index contributed by atoms with van der Waals surface area (Å²) in [4.78, 5) is 24.4. The molecule has 0 amide bonds. The molecule has 3 rings (SSSR count). The third kappa shape index (κ3) is 3.05. The predicted octanol–water partition coefficient (Wildman–Crippen LogP) is 3.81. The van der Waals surface area contributed by atoms with Crippen LogP contribution in [0, 0.1) is 0 Å². The maximum absolute atomic E-state index is 12.8. The van der Waals surface area contributed by atoms with E-state index in [4.69, 9.17) is 4.74 Å². The molecular formula is C18H14BrNO3. The molecule has 0 spiro atoms. The van der Waals surface area contributed by atoms with Crippen molar-refractivity contribution in [1.82, 2.24) is 4.57 Å². The number of carbonyl (C=O) groups excluding carboxylic acids is 2. The van der Waals surface area contributed by atoms with E-state index in [0.717, 1.165) is 15.4 Å². The summed E-state index contributed by atoms with van der Waals surface area (Å²) in [5.74, 6) is -0.429. The van der Waals surface area contributed by atoms with Crippen molar-refractivity contribution >= 4 is 38.6 Å². The molecule has 0 aliphatic carbocycles. The number of nitrogens with zero attached hydrogens (tertiary/aromatic N) is 1. The third-order valence-electron chi connectivity index (χ3n) is 3.65. The zero-order chi connectivity index (χ0) is 16.4. The highest BCUT2D eigenvalue weighted by Gasteiger charge is 2.18. The molecule has 23 heavy (non-hydrogen) atoms. The van der Waals surface area contributed by atoms with Gasteiger partial charge in [0.2, 0.25) is 0 Å². The highest BCUT2D eigenvalue weighted by molar-refractivity contribution is 9.10. The van der Waals surface area contributed by atoms with E-state index in [1.807, 2.05) is 36.4 Å². The normalized spacial score (nSPS) is 10.7. The van der Waals surface area contributed by atoms with Gasteiger partial charge in [0, 0.05) is 27.2 Å². The summed E-state index contributed by atoms with van der Waals surface area (Å²) < 4.78 is 7.35. The zero-order valence-electron chi connectivity index (χ0n) is 12.5. The minimum Gasteiger partial charge on any atom is -0.468 e. The van der Waals surface area contributed by atoms with Crippen LogP contribution in [0.15, 0.2) is 59.2 Å². The maximum Gasteiger partial charge on any atom is 0.325 e. The molecule has 2 aromatic carbocycles. The van der Waals surface area contributed by atoms with Crippen molar-refractivity contribution in [1.29, 1.82) is 0 Å². The molecule has 1 heterocycles. The van der Waals surface area contributed by atoms with Gasteiger partial charge in [0.1, 0.15) is 6.54 Å². The van der Waals surface area contributed by atoms with Crippen LogP contribution in [-0.4, -0.2) is 23.4 Å². The number of benzene rings is 2. The van der Waals surface area contributed by atoms with Gasteiger partial charge in [0.15, 0.2) is 5.78 Å². The first-order chi connectivity index (χ1) is 11.1. The Morgan fingerprint density at radius 3 is 2.57 bits per heavy atom. The number of aromatic nitrogens is 1. The first kappa shape index (κ1) is 15.5. The molecule has 0 saturated carbocycles. The fourth-order valence-electron chi connectivity index (χ4n) is 2.53. The standard InChI is InChI=1S/C18H14BrNO3/c1-23-17(21)11-20-10-15(14-8-7-13(19)9-16(14)20)18(22)12-5-3-2-4-6-12/h2-10H,11H2,1H3. The smallest absolute Gasteiger partial charge is 0.325 e. The molecule has 0 fully saturated rings. The molecule has 0 atom stereocenters. The Bertz CT molecular complexity index is 884. The summed E-state index contributed by atoms with van der Waals surface area (Å²) in [5.41, 5.74) is 2.00. The highest BCUT2D eigenvalue weighted by Crippen LogP contribution is 2.27. The zero-order valence-corrected chi connectivity index (χ0v) is 14.0. The van der Waals surface area contributed by atoms with E-state index in [-0.39, 0.29) is 18.3 Å². The summed E-state index contributed by atoms with van der Waals surface area (Å²) in [6.45, 7) is 0.0610. The molecule has 5 heteroatoms. The van der Waals surface area contributed by atoms with Gasteiger partial charge < -0.3 is 9.30 Å². The number of carbonyl (C=O) groups is 2. The molecule has 0 aliphatic heterocycles. The number of rotatable bonds is 4. The first-order valence-corrected chi connectivity index (χ1v) is 7.84. The summed E-state index contributed by atoms with van der Waals surface area (Å²) in [5, 5.41) is 0.811. The van der Waals surface area contributed by atoms with E-state index in [9.17, 15) is 9.59 Å². The second kappa shape index (κ2) is 6.38. The quantitative estimate of drug-likeness (QED) is 0.517. The molecule has 0 unspecified atom stereocenters. The van der Waals surface area contributed by atoms with Gasteiger partial charge in [0.25, 0.3) is 0 Å². The van der Waals surface area contributed by atoms with Crippen molar-refractivity contribution in [3.8, 4) is 0 Å². The van der Waals surface area contributed by atoms with Gasteiger partial charge in [-0.15, -0.1) is 0 Å². The Hall–Kier alpha value is -2.40.